The Balaban J connectivity index is 0.000000236. The Morgan fingerprint density at radius 1 is 1.40 bits per heavy atom. The molecule has 5 heteroatoms. The van der Waals surface area contributed by atoms with Crippen LogP contribution in [0.3, 0.4) is 0 Å². The third-order valence-corrected chi connectivity index (χ3v) is 0.681. The first-order chi connectivity index (χ1) is 4.81. The lowest BCUT2D eigenvalue weighted by Crippen LogP contribution is -1.98. The van der Waals surface area contributed by atoms with Crippen molar-refractivity contribution in [2.75, 3.05) is 0 Å². The summed E-state index contributed by atoms with van der Waals surface area (Å²) in [5.41, 5.74) is 10.9. The number of aromatic nitrogens is 1. The minimum atomic E-state index is -0.0532. The molecule has 0 aliphatic heterocycles. The lowest BCUT2D eigenvalue weighted by molar-refractivity contribution is 0.928. The fourth-order valence-electron chi connectivity index (χ4n) is 0.377. The molecular weight excluding hydrogens is 132 g/mol. The van der Waals surface area contributed by atoms with Crippen LogP contribution in [0, 0.1) is 11.1 Å². The lowest BCUT2D eigenvalue weighted by atomic mass is 10.5. The maximum Gasteiger partial charge on any atom is 0.247 e. The SMILES string of the molecule is N=[N+]=N.O=c1cccc[nH]1. The Kier molecular flexibility index (Phi) is 4.46. The van der Waals surface area contributed by atoms with Crippen LogP contribution in [0.4, 0.5) is 0 Å². The molecule has 3 N–H and O–H groups in total. The van der Waals surface area contributed by atoms with Crippen LogP contribution in [0.2, 0.25) is 0 Å². The Morgan fingerprint density at radius 2 is 2.00 bits per heavy atom. The van der Waals surface area contributed by atoms with Crippen molar-refractivity contribution in [3.8, 4) is 0 Å². The number of hydrogen-bond donors (Lipinski definition) is 3. The van der Waals surface area contributed by atoms with Gasteiger partial charge in [0.25, 0.3) is 0 Å². The summed E-state index contributed by atoms with van der Waals surface area (Å²) in [5.74, 6) is 0. The van der Waals surface area contributed by atoms with Crippen molar-refractivity contribution in [2.24, 2.45) is 0 Å². The zero-order valence-corrected chi connectivity index (χ0v) is 5.16. The van der Waals surface area contributed by atoms with Crippen LogP contribution in [-0.4, -0.2) is 4.98 Å². The summed E-state index contributed by atoms with van der Waals surface area (Å²) in [7, 11) is 0. The maximum atomic E-state index is 10.2. The second-order valence-electron chi connectivity index (χ2n) is 1.34. The molecular formula is C5H7N4O+. The van der Waals surface area contributed by atoms with E-state index in [1.54, 1.807) is 18.3 Å². The first kappa shape index (κ1) is 8.26. The summed E-state index contributed by atoms with van der Waals surface area (Å²) in [6.07, 6.45) is 1.60. The van der Waals surface area contributed by atoms with Crippen LogP contribution in [0.1, 0.15) is 0 Å². The quantitative estimate of drug-likeness (QED) is 0.354. The van der Waals surface area contributed by atoms with Crippen molar-refractivity contribution >= 4 is 0 Å². The number of nitrogens with zero attached hydrogens (tertiary/aromatic N) is 1. The lowest BCUT2D eigenvalue weighted by Gasteiger charge is -1.73. The fourth-order valence-corrected chi connectivity index (χ4v) is 0.377. The monoisotopic (exact) mass is 139 g/mol. The molecule has 0 aliphatic rings. The number of pyridine rings is 1. The Morgan fingerprint density at radius 3 is 2.20 bits per heavy atom. The zero-order valence-electron chi connectivity index (χ0n) is 5.16. The van der Waals surface area contributed by atoms with Gasteiger partial charge in [-0.05, 0) is 6.07 Å². The van der Waals surface area contributed by atoms with Gasteiger partial charge in [-0.2, -0.15) is 0 Å². The van der Waals surface area contributed by atoms with Gasteiger partial charge in [0, 0.05) is 12.3 Å². The van der Waals surface area contributed by atoms with E-state index in [9.17, 15) is 4.79 Å². The third kappa shape index (κ3) is 4.42. The van der Waals surface area contributed by atoms with E-state index in [-0.39, 0.29) is 5.56 Å². The second-order valence-corrected chi connectivity index (χ2v) is 1.34. The van der Waals surface area contributed by atoms with Crippen LogP contribution < -0.4 is 10.5 Å². The molecule has 0 atom stereocenters. The molecule has 52 valence electrons. The summed E-state index contributed by atoms with van der Waals surface area (Å²) >= 11 is 0. The molecule has 1 heterocycles. The molecule has 0 amide bonds. The topological polar surface area (TPSA) is 94.7 Å². The van der Waals surface area contributed by atoms with Crippen molar-refractivity contribution in [2.45, 2.75) is 0 Å². The van der Waals surface area contributed by atoms with E-state index >= 15 is 0 Å². The molecule has 0 saturated carbocycles. The van der Waals surface area contributed by atoms with Crippen molar-refractivity contribution in [3.05, 3.63) is 34.7 Å². The zero-order chi connectivity index (χ0) is 7.82. The van der Waals surface area contributed by atoms with Gasteiger partial charge in [0.1, 0.15) is 11.1 Å². The van der Waals surface area contributed by atoms with E-state index in [1.165, 1.54) is 6.07 Å². The molecule has 0 radical (unpaired) electrons. The summed E-state index contributed by atoms with van der Waals surface area (Å²) in [6.45, 7) is 0. The van der Waals surface area contributed by atoms with E-state index in [4.69, 9.17) is 11.1 Å². The van der Waals surface area contributed by atoms with Gasteiger partial charge in [0.15, 0.2) is 0 Å². The van der Waals surface area contributed by atoms with Crippen molar-refractivity contribution in [1.29, 1.82) is 11.1 Å². The molecule has 0 spiro atoms. The molecule has 10 heavy (non-hydrogen) atoms. The molecule has 0 unspecified atom stereocenters. The summed E-state index contributed by atoms with van der Waals surface area (Å²) in [5, 5.41) is 0. The number of hydrogen-bond acceptors (Lipinski definition) is 3. The van der Waals surface area contributed by atoms with Gasteiger partial charge in [-0.15, -0.1) is 0 Å². The normalized spacial score (nSPS) is 6.80. The van der Waals surface area contributed by atoms with Gasteiger partial charge in [-0.1, -0.05) is 6.07 Å². The highest BCUT2D eigenvalue weighted by Crippen LogP contribution is 1.67. The summed E-state index contributed by atoms with van der Waals surface area (Å²) < 4.78 is 0. The number of H-pyrrole nitrogens is 1. The highest BCUT2D eigenvalue weighted by atomic mass is 16.1. The van der Waals surface area contributed by atoms with E-state index in [0.717, 1.165) is 0 Å². The highest BCUT2D eigenvalue weighted by molar-refractivity contribution is 4.89. The van der Waals surface area contributed by atoms with Crippen LogP contribution >= 0.6 is 0 Å². The van der Waals surface area contributed by atoms with Gasteiger partial charge in [-0.25, -0.2) is 0 Å². The van der Waals surface area contributed by atoms with E-state index in [1.807, 2.05) is 4.91 Å². The van der Waals surface area contributed by atoms with E-state index in [2.05, 4.69) is 4.98 Å². The van der Waals surface area contributed by atoms with E-state index < -0.39 is 0 Å². The average molecular weight is 139 g/mol. The predicted molar refractivity (Wildman–Crippen MR) is 34.6 cm³/mol. The number of aromatic amines is 1. The largest absolute Gasteiger partial charge is 0.329 e. The minimum Gasteiger partial charge on any atom is -0.329 e. The molecule has 1 aromatic heterocycles. The number of nitrogens with one attached hydrogen (secondary N) is 3. The van der Waals surface area contributed by atoms with Crippen molar-refractivity contribution in [3.63, 3.8) is 0 Å². The third-order valence-electron chi connectivity index (χ3n) is 0.681. The minimum absolute atomic E-state index is 0.0532. The predicted octanol–water partition coefficient (Wildman–Crippen LogP) is 0.490. The second kappa shape index (κ2) is 5.40. The van der Waals surface area contributed by atoms with Gasteiger partial charge in [0.05, 0.1) is 0 Å². The van der Waals surface area contributed by atoms with Gasteiger partial charge in [0.2, 0.25) is 10.5 Å². The molecule has 0 saturated heterocycles. The van der Waals surface area contributed by atoms with Crippen LogP contribution in [0.15, 0.2) is 29.2 Å². The molecule has 0 aliphatic carbocycles. The van der Waals surface area contributed by atoms with Gasteiger partial charge >= 0.3 is 0 Å². The van der Waals surface area contributed by atoms with Crippen molar-refractivity contribution < 1.29 is 0 Å². The maximum absolute atomic E-state index is 10.2. The molecule has 0 aromatic carbocycles. The fraction of sp³-hybridized carbons (Fsp3) is 0. The van der Waals surface area contributed by atoms with Crippen LogP contribution in [0.5, 0.6) is 0 Å². The Labute approximate surface area is 56.7 Å². The van der Waals surface area contributed by atoms with Crippen LogP contribution in [-0.2, 0) is 0 Å². The highest BCUT2D eigenvalue weighted by Gasteiger charge is 1.69. The van der Waals surface area contributed by atoms with E-state index in [0.29, 0.717) is 0 Å². The standard InChI is InChI=1S/C5H5NO.H2N3/c7-5-3-1-2-4-6-5;1-3-2/h1-4H,(H,6,7);1-2H/q;+1. The Hall–Kier alpha value is -1.74. The molecule has 5 nitrogen and oxygen atoms in total. The van der Waals surface area contributed by atoms with Gasteiger partial charge in [-0.3, -0.25) is 4.79 Å². The summed E-state index contributed by atoms with van der Waals surface area (Å²) in [4.78, 5) is 14.7. The molecule has 0 bridgehead atoms. The molecule has 0 fully saturated rings. The Bertz CT molecular complexity index is 243. The van der Waals surface area contributed by atoms with Crippen molar-refractivity contribution in [1.82, 2.24) is 9.90 Å². The van der Waals surface area contributed by atoms with Crippen LogP contribution in [0.25, 0.3) is 0 Å². The average Bonchev–Trinajstić information content (AvgIpc) is 1.91. The number of rotatable bonds is 0. The molecule has 1 aromatic rings. The summed E-state index contributed by atoms with van der Waals surface area (Å²) in [6, 6.07) is 4.93. The first-order valence-corrected chi connectivity index (χ1v) is 2.48. The molecule has 1 rings (SSSR count). The first-order valence-electron chi connectivity index (χ1n) is 2.48. The van der Waals surface area contributed by atoms with Gasteiger partial charge < -0.3 is 4.98 Å². The smallest absolute Gasteiger partial charge is 0.247 e.